The lowest BCUT2D eigenvalue weighted by atomic mass is 10.1. The molecular formula is C19H16N3O5-. The summed E-state index contributed by atoms with van der Waals surface area (Å²) in [5.74, 6) is -0.767. The number of nitrogens with zero attached hydrogens (tertiary/aromatic N) is 2. The molecule has 27 heavy (non-hydrogen) atoms. The second kappa shape index (κ2) is 9.58. The molecule has 2 aromatic rings. The highest BCUT2D eigenvalue weighted by molar-refractivity contribution is 5.85. The van der Waals surface area contributed by atoms with Gasteiger partial charge >= 0.3 is 0 Å². The minimum Gasteiger partial charge on any atom is -0.545 e. The van der Waals surface area contributed by atoms with Crippen LogP contribution in [0.2, 0.25) is 0 Å². The van der Waals surface area contributed by atoms with E-state index in [1.165, 1.54) is 25.5 Å². The van der Waals surface area contributed by atoms with Crippen molar-refractivity contribution in [2.45, 2.75) is 13.0 Å². The first-order chi connectivity index (χ1) is 13.0. The molecule has 0 aliphatic heterocycles. The first-order valence-corrected chi connectivity index (χ1v) is 7.83. The first-order valence-electron chi connectivity index (χ1n) is 7.83. The highest BCUT2D eigenvalue weighted by atomic mass is 16.5. The van der Waals surface area contributed by atoms with Crippen molar-refractivity contribution in [3.05, 3.63) is 59.2 Å². The maximum Gasteiger partial charge on any atom is 0.254 e. The number of nitriles is 1. The number of carbonyl (C=O) groups is 2. The molecule has 0 saturated carbocycles. The van der Waals surface area contributed by atoms with E-state index in [9.17, 15) is 14.7 Å². The number of hydrogen-bond acceptors (Lipinski definition) is 7. The molecule has 0 atom stereocenters. The molecule has 2 aromatic carbocycles. The second-order valence-electron chi connectivity index (χ2n) is 5.31. The van der Waals surface area contributed by atoms with Crippen LogP contribution in [0.1, 0.15) is 27.9 Å². The molecule has 0 spiro atoms. The maximum absolute atomic E-state index is 11.2. The van der Waals surface area contributed by atoms with Crippen molar-refractivity contribution in [1.29, 1.82) is 5.26 Å². The third kappa shape index (κ3) is 5.86. The van der Waals surface area contributed by atoms with Gasteiger partial charge in [0.05, 0.1) is 25.4 Å². The van der Waals surface area contributed by atoms with E-state index in [1.54, 1.807) is 36.4 Å². The van der Waals surface area contributed by atoms with Gasteiger partial charge in [0, 0.05) is 0 Å². The Morgan fingerprint density at radius 3 is 2.59 bits per heavy atom. The number of nitrogens with one attached hydrogen (secondary N) is 1. The Bertz CT molecular complexity index is 885. The molecule has 8 heteroatoms. The molecule has 0 aliphatic rings. The topological polar surface area (TPSA) is 124 Å². The van der Waals surface area contributed by atoms with Crippen molar-refractivity contribution < 1.29 is 24.2 Å². The predicted octanol–water partition coefficient (Wildman–Crippen LogP) is 1.00. The van der Waals surface area contributed by atoms with E-state index in [-0.39, 0.29) is 18.6 Å². The number of hydrogen-bond donors (Lipinski definition) is 1. The molecule has 0 saturated heterocycles. The first kappa shape index (κ1) is 19.5. The summed E-state index contributed by atoms with van der Waals surface area (Å²) in [7, 11) is 1.49. The van der Waals surface area contributed by atoms with Crippen LogP contribution in [0.5, 0.6) is 11.5 Å². The zero-order valence-corrected chi connectivity index (χ0v) is 14.5. The van der Waals surface area contributed by atoms with E-state index < -0.39 is 11.9 Å². The van der Waals surface area contributed by atoms with Crippen LogP contribution >= 0.6 is 0 Å². The highest BCUT2D eigenvalue weighted by Gasteiger charge is 2.06. The average molecular weight is 366 g/mol. The van der Waals surface area contributed by atoms with Crippen LogP contribution in [0.25, 0.3) is 0 Å². The Morgan fingerprint density at radius 1 is 1.22 bits per heavy atom. The Kier molecular flexibility index (Phi) is 6.91. The zero-order chi connectivity index (χ0) is 19.6. The van der Waals surface area contributed by atoms with Crippen LogP contribution in [0.4, 0.5) is 0 Å². The molecule has 0 radical (unpaired) electrons. The Hall–Kier alpha value is -3.86. The molecule has 1 amide bonds. The van der Waals surface area contributed by atoms with E-state index >= 15 is 0 Å². The Labute approximate surface area is 155 Å². The van der Waals surface area contributed by atoms with Gasteiger partial charge in [-0.2, -0.15) is 10.4 Å². The van der Waals surface area contributed by atoms with Gasteiger partial charge in [-0.3, -0.25) is 4.79 Å². The molecule has 138 valence electrons. The van der Waals surface area contributed by atoms with Gasteiger partial charge in [0.2, 0.25) is 0 Å². The van der Waals surface area contributed by atoms with Crippen LogP contribution < -0.4 is 20.0 Å². The van der Waals surface area contributed by atoms with Crippen LogP contribution in [0, 0.1) is 11.3 Å². The number of ether oxygens (including phenoxy) is 2. The highest BCUT2D eigenvalue weighted by Crippen LogP contribution is 2.28. The van der Waals surface area contributed by atoms with Gasteiger partial charge in [0.1, 0.15) is 13.0 Å². The van der Waals surface area contributed by atoms with Crippen LogP contribution in [0.15, 0.2) is 47.6 Å². The SMILES string of the molecule is COc1cc(/C=N\NC(=O)CC#N)ccc1OCc1ccc(C(=O)[O-])cc1. The quantitative estimate of drug-likeness (QED) is 0.549. The lowest BCUT2D eigenvalue weighted by molar-refractivity contribution is -0.255. The predicted molar refractivity (Wildman–Crippen MR) is 94.1 cm³/mol. The van der Waals surface area contributed by atoms with Crippen molar-refractivity contribution in [2.75, 3.05) is 7.11 Å². The molecule has 0 aromatic heterocycles. The summed E-state index contributed by atoms with van der Waals surface area (Å²) >= 11 is 0. The molecule has 1 N–H and O–H groups in total. The fraction of sp³-hybridized carbons (Fsp3) is 0.158. The monoisotopic (exact) mass is 366 g/mol. The van der Waals surface area contributed by atoms with Crippen molar-refractivity contribution in [1.82, 2.24) is 5.43 Å². The molecular weight excluding hydrogens is 350 g/mol. The van der Waals surface area contributed by atoms with Crippen molar-refractivity contribution >= 4 is 18.1 Å². The molecule has 0 heterocycles. The third-order valence-corrected chi connectivity index (χ3v) is 3.41. The van der Waals surface area contributed by atoms with Crippen molar-refractivity contribution in [3.63, 3.8) is 0 Å². The smallest absolute Gasteiger partial charge is 0.254 e. The van der Waals surface area contributed by atoms with Crippen molar-refractivity contribution in [2.24, 2.45) is 5.10 Å². The number of aromatic carboxylic acids is 1. The lowest BCUT2D eigenvalue weighted by Gasteiger charge is -2.12. The maximum atomic E-state index is 11.2. The van der Waals surface area contributed by atoms with Gasteiger partial charge in [-0.1, -0.05) is 24.3 Å². The number of carboxylic acid groups (broad SMARTS) is 1. The fourth-order valence-corrected chi connectivity index (χ4v) is 2.07. The van der Waals surface area contributed by atoms with Crippen LogP contribution in [-0.2, 0) is 11.4 Å². The fourth-order valence-electron chi connectivity index (χ4n) is 2.07. The number of benzene rings is 2. The minimum absolute atomic E-state index is 0.0989. The van der Waals surface area contributed by atoms with E-state index in [4.69, 9.17) is 14.7 Å². The van der Waals surface area contributed by atoms with Gasteiger partial charge in [0.25, 0.3) is 5.91 Å². The standard InChI is InChI=1S/C19H17N3O5/c1-26-17-10-14(11-21-22-18(23)8-9-20)4-7-16(17)27-12-13-2-5-15(6-3-13)19(24)25/h2-7,10-11H,8,12H2,1H3,(H,22,23)(H,24,25)/p-1/b21-11-. The summed E-state index contributed by atoms with van der Waals surface area (Å²) in [6.45, 7) is 0.224. The average Bonchev–Trinajstić information content (AvgIpc) is 2.67. The second-order valence-corrected chi connectivity index (χ2v) is 5.31. The summed E-state index contributed by atoms with van der Waals surface area (Å²) in [4.78, 5) is 21.9. The summed E-state index contributed by atoms with van der Waals surface area (Å²) in [6, 6.07) is 13.0. The molecule has 0 aliphatic carbocycles. The lowest BCUT2D eigenvalue weighted by Crippen LogP contribution is -2.22. The zero-order valence-electron chi connectivity index (χ0n) is 14.5. The van der Waals surface area contributed by atoms with E-state index in [2.05, 4.69) is 10.5 Å². The Morgan fingerprint density at radius 2 is 1.96 bits per heavy atom. The summed E-state index contributed by atoms with van der Waals surface area (Å²) in [5.41, 5.74) is 3.78. The molecule has 8 nitrogen and oxygen atoms in total. The van der Waals surface area contributed by atoms with Crippen LogP contribution in [0.3, 0.4) is 0 Å². The summed E-state index contributed by atoms with van der Waals surface area (Å²) in [6.07, 6.45) is 1.15. The van der Waals surface area contributed by atoms with Gasteiger partial charge < -0.3 is 19.4 Å². The van der Waals surface area contributed by atoms with Crippen LogP contribution in [-0.4, -0.2) is 25.2 Å². The normalized spacial score (nSPS) is 10.2. The third-order valence-electron chi connectivity index (χ3n) is 3.41. The number of amides is 1. The van der Waals surface area contributed by atoms with Gasteiger partial charge in [0.15, 0.2) is 11.5 Å². The largest absolute Gasteiger partial charge is 0.545 e. The van der Waals surface area contributed by atoms with E-state index in [1.807, 2.05) is 0 Å². The summed E-state index contributed by atoms with van der Waals surface area (Å²) in [5, 5.41) is 22.9. The Balaban J connectivity index is 2.01. The van der Waals surface area contributed by atoms with Gasteiger partial charge in [-0.15, -0.1) is 0 Å². The number of hydrazone groups is 1. The van der Waals surface area contributed by atoms with E-state index in [0.29, 0.717) is 17.1 Å². The molecule has 0 bridgehead atoms. The summed E-state index contributed by atoms with van der Waals surface area (Å²) < 4.78 is 11.0. The van der Waals surface area contributed by atoms with E-state index in [0.717, 1.165) is 5.56 Å². The number of carboxylic acids is 1. The number of methoxy groups -OCH3 is 1. The molecule has 0 fully saturated rings. The number of rotatable bonds is 8. The molecule has 0 unspecified atom stereocenters. The minimum atomic E-state index is -1.23. The molecule has 2 rings (SSSR count). The van der Waals surface area contributed by atoms with Gasteiger partial charge in [-0.25, -0.2) is 5.43 Å². The van der Waals surface area contributed by atoms with Gasteiger partial charge in [-0.05, 0) is 34.9 Å². The van der Waals surface area contributed by atoms with Crippen molar-refractivity contribution in [3.8, 4) is 17.6 Å². The number of carbonyl (C=O) groups excluding carboxylic acids is 2.